The smallest absolute Gasteiger partial charge is 0.261 e. The summed E-state index contributed by atoms with van der Waals surface area (Å²) in [6.45, 7) is 0. The fourth-order valence-electron chi connectivity index (χ4n) is 1.42. The Bertz CT molecular complexity index is 611. The van der Waals surface area contributed by atoms with Crippen molar-refractivity contribution in [2.75, 3.05) is 10.6 Å². The van der Waals surface area contributed by atoms with Crippen LogP contribution in [0, 0.1) is 0 Å². The Hall–Kier alpha value is -1.60. The number of fused-ring (bicyclic) bond motifs is 1. The topological polar surface area (TPSA) is 92.3 Å². The van der Waals surface area contributed by atoms with Crippen LogP contribution in [0.1, 0.15) is 6.42 Å². The third-order valence-corrected chi connectivity index (χ3v) is 3.49. The summed E-state index contributed by atoms with van der Waals surface area (Å²) in [6, 6.07) is 3.81. The highest BCUT2D eigenvalue weighted by Gasteiger charge is 2.20. The normalized spacial score (nSPS) is 15.6. The number of hydrogen-bond donors (Lipinski definition) is 2. The van der Waals surface area contributed by atoms with E-state index < -0.39 is 20.9 Å². The maximum Gasteiger partial charge on any atom is 0.261 e. The van der Waals surface area contributed by atoms with Crippen molar-refractivity contribution in [2.45, 2.75) is 11.3 Å². The molecule has 90 valence electrons. The summed E-state index contributed by atoms with van der Waals surface area (Å²) in [5.74, 6) is -0.965. The molecule has 0 atom stereocenters. The first-order chi connectivity index (χ1) is 7.86. The SMILES string of the molecule is O=C1CC(=O)Nc2cc(S(=O)(=O)Cl)ccc2N1. The van der Waals surface area contributed by atoms with Crippen molar-refractivity contribution in [3.8, 4) is 0 Å². The predicted octanol–water partition coefficient (Wildman–Crippen LogP) is 0.895. The monoisotopic (exact) mass is 274 g/mol. The molecule has 0 radical (unpaired) electrons. The number of amides is 2. The third-order valence-electron chi connectivity index (χ3n) is 2.14. The van der Waals surface area contributed by atoms with Gasteiger partial charge in [0.05, 0.1) is 16.3 Å². The van der Waals surface area contributed by atoms with Crippen molar-refractivity contribution in [1.29, 1.82) is 0 Å². The van der Waals surface area contributed by atoms with E-state index in [9.17, 15) is 18.0 Å². The highest BCUT2D eigenvalue weighted by molar-refractivity contribution is 8.13. The van der Waals surface area contributed by atoms with Crippen molar-refractivity contribution in [3.05, 3.63) is 18.2 Å². The molecule has 1 heterocycles. The second-order valence-electron chi connectivity index (χ2n) is 3.42. The van der Waals surface area contributed by atoms with Crippen molar-refractivity contribution < 1.29 is 18.0 Å². The van der Waals surface area contributed by atoms with E-state index >= 15 is 0 Å². The minimum atomic E-state index is -3.87. The Morgan fingerprint density at radius 3 is 2.24 bits per heavy atom. The Morgan fingerprint density at radius 1 is 1.06 bits per heavy atom. The molecule has 6 nitrogen and oxygen atoms in total. The van der Waals surface area contributed by atoms with Crippen LogP contribution >= 0.6 is 10.7 Å². The molecule has 0 bridgehead atoms. The largest absolute Gasteiger partial charge is 0.324 e. The highest BCUT2D eigenvalue weighted by Crippen LogP contribution is 2.28. The minimum Gasteiger partial charge on any atom is -0.324 e. The molecule has 2 rings (SSSR count). The lowest BCUT2D eigenvalue weighted by Crippen LogP contribution is -2.16. The molecule has 8 heteroatoms. The summed E-state index contributed by atoms with van der Waals surface area (Å²) in [5.41, 5.74) is 0.549. The molecule has 2 N–H and O–H groups in total. The number of rotatable bonds is 1. The average molecular weight is 275 g/mol. The summed E-state index contributed by atoms with van der Waals surface area (Å²) in [5, 5.41) is 4.89. The molecule has 1 aliphatic heterocycles. The Kier molecular flexibility index (Phi) is 2.80. The van der Waals surface area contributed by atoms with Crippen LogP contribution < -0.4 is 10.6 Å². The fraction of sp³-hybridized carbons (Fsp3) is 0.111. The van der Waals surface area contributed by atoms with Gasteiger partial charge < -0.3 is 10.6 Å². The molecule has 0 saturated heterocycles. The summed E-state index contributed by atoms with van der Waals surface area (Å²) in [7, 11) is 1.31. The first kappa shape index (κ1) is 11.9. The Balaban J connectivity index is 2.52. The molecule has 0 saturated carbocycles. The predicted molar refractivity (Wildman–Crippen MR) is 61.4 cm³/mol. The quantitative estimate of drug-likeness (QED) is 0.588. The first-order valence-electron chi connectivity index (χ1n) is 4.55. The Labute approximate surface area is 101 Å². The van der Waals surface area contributed by atoms with Gasteiger partial charge >= 0.3 is 0 Å². The molecule has 2 amide bonds. The number of carbonyl (C=O) groups excluding carboxylic acids is 2. The first-order valence-corrected chi connectivity index (χ1v) is 6.85. The minimum absolute atomic E-state index is 0.144. The summed E-state index contributed by atoms with van der Waals surface area (Å²) < 4.78 is 22.2. The van der Waals surface area contributed by atoms with Gasteiger partial charge in [0, 0.05) is 10.7 Å². The number of hydrogen-bond acceptors (Lipinski definition) is 4. The number of benzene rings is 1. The van der Waals surface area contributed by atoms with Gasteiger partial charge in [-0.05, 0) is 18.2 Å². The molecule has 0 aromatic heterocycles. The second-order valence-corrected chi connectivity index (χ2v) is 5.98. The van der Waals surface area contributed by atoms with E-state index in [0.717, 1.165) is 0 Å². The zero-order chi connectivity index (χ0) is 12.6. The van der Waals surface area contributed by atoms with E-state index in [0.29, 0.717) is 5.69 Å². The Morgan fingerprint density at radius 2 is 1.65 bits per heavy atom. The fourth-order valence-corrected chi connectivity index (χ4v) is 2.20. The van der Waals surface area contributed by atoms with E-state index in [4.69, 9.17) is 10.7 Å². The van der Waals surface area contributed by atoms with Crippen molar-refractivity contribution in [2.24, 2.45) is 0 Å². The lowest BCUT2D eigenvalue weighted by Gasteiger charge is -2.07. The summed E-state index contributed by atoms with van der Waals surface area (Å²) >= 11 is 0. The van der Waals surface area contributed by atoms with Gasteiger partial charge in [-0.15, -0.1) is 0 Å². The molecule has 1 aromatic carbocycles. The molecule has 1 aliphatic rings. The maximum atomic E-state index is 11.3. The molecule has 0 aliphatic carbocycles. The number of halogens is 1. The van der Waals surface area contributed by atoms with Gasteiger partial charge in [0.1, 0.15) is 6.42 Å². The number of nitrogens with one attached hydrogen (secondary N) is 2. The van der Waals surface area contributed by atoms with Gasteiger partial charge in [0.15, 0.2) is 0 Å². The van der Waals surface area contributed by atoms with Crippen LogP contribution in [-0.2, 0) is 18.6 Å². The van der Waals surface area contributed by atoms with Crippen LogP contribution in [0.2, 0.25) is 0 Å². The van der Waals surface area contributed by atoms with Crippen LogP contribution in [-0.4, -0.2) is 20.2 Å². The highest BCUT2D eigenvalue weighted by atomic mass is 35.7. The molecular formula is C9H7ClN2O4S. The van der Waals surface area contributed by atoms with Crippen LogP contribution in [0.15, 0.2) is 23.1 Å². The summed E-state index contributed by atoms with van der Waals surface area (Å²) in [6.07, 6.45) is -0.308. The van der Waals surface area contributed by atoms with Gasteiger partial charge in [-0.1, -0.05) is 0 Å². The van der Waals surface area contributed by atoms with Crippen LogP contribution in [0.5, 0.6) is 0 Å². The zero-order valence-corrected chi connectivity index (χ0v) is 9.93. The molecule has 0 spiro atoms. The number of carbonyl (C=O) groups is 2. The van der Waals surface area contributed by atoms with Gasteiger partial charge in [-0.3, -0.25) is 9.59 Å². The van der Waals surface area contributed by atoms with Crippen LogP contribution in [0.3, 0.4) is 0 Å². The van der Waals surface area contributed by atoms with Gasteiger partial charge in [0.2, 0.25) is 11.8 Å². The molecule has 0 fully saturated rings. The molecule has 0 unspecified atom stereocenters. The van der Waals surface area contributed by atoms with Crippen LogP contribution in [0.25, 0.3) is 0 Å². The van der Waals surface area contributed by atoms with Gasteiger partial charge in [-0.2, -0.15) is 0 Å². The lowest BCUT2D eigenvalue weighted by atomic mass is 10.2. The standard InChI is InChI=1S/C9H7ClN2O4S/c10-17(15,16)5-1-2-6-7(3-5)12-9(14)4-8(13)11-6/h1-3H,4H2,(H,11,13)(H,12,14). The molecular weight excluding hydrogens is 268 g/mol. The number of anilines is 2. The summed E-state index contributed by atoms with van der Waals surface area (Å²) in [4.78, 5) is 22.3. The lowest BCUT2D eigenvalue weighted by molar-refractivity contribution is -0.123. The van der Waals surface area contributed by atoms with Crippen molar-refractivity contribution in [1.82, 2.24) is 0 Å². The van der Waals surface area contributed by atoms with E-state index in [1.807, 2.05) is 0 Å². The molecule has 17 heavy (non-hydrogen) atoms. The van der Waals surface area contributed by atoms with Gasteiger partial charge in [-0.25, -0.2) is 8.42 Å². The maximum absolute atomic E-state index is 11.3. The zero-order valence-electron chi connectivity index (χ0n) is 8.36. The average Bonchev–Trinajstić information content (AvgIpc) is 2.31. The van der Waals surface area contributed by atoms with Crippen molar-refractivity contribution in [3.63, 3.8) is 0 Å². The van der Waals surface area contributed by atoms with Crippen molar-refractivity contribution >= 4 is 42.9 Å². The van der Waals surface area contributed by atoms with E-state index in [2.05, 4.69) is 10.6 Å². The van der Waals surface area contributed by atoms with Gasteiger partial charge in [0.25, 0.3) is 9.05 Å². The second kappa shape index (κ2) is 4.01. The van der Waals surface area contributed by atoms with E-state index in [-0.39, 0.29) is 17.0 Å². The van der Waals surface area contributed by atoms with E-state index in [1.165, 1.54) is 18.2 Å². The third kappa shape index (κ3) is 2.56. The molecule has 1 aromatic rings. The van der Waals surface area contributed by atoms with Crippen LogP contribution in [0.4, 0.5) is 11.4 Å². The van der Waals surface area contributed by atoms with E-state index in [1.54, 1.807) is 0 Å².